The van der Waals surface area contributed by atoms with Gasteiger partial charge in [-0.2, -0.15) is 5.26 Å². The van der Waals surface area contributed by atoms with Gasteiger partial charge in [-0.05, 0) is 50.7 Å². The third-order valence-electron chi connectivity index (χ3n) is 6.70. The summed E-state index contributed by atoms with van der Waals surface area (Å²) in [6.45, 7) is 0. The van der Waals surface area contributed by atoms with E-state index in [4.69, 9.17) is 5.26 Å². The van der Waals surface area contributed by atoms with E-state index in [1.807, 2.05) is 6.07 Å². The maximum Gasteiger partial charge on any atom is 0.185 e. The van der Waals surface area contributed by atoms with E-state index in [0.29, 0.717) is 45.4 Å². The van der Waals surface area contributed by atoms with Gasteiger partial charge in [-0.3, -0.25) is 0 Å². The number of phenols is 1. The van der Waals surface area contributed by atoms with Crippen molar-refractivity contribution in [3.8, 4) is 33.8 Å². The Morgan fingerprint density at radius 1 is 1.03 bits per heavy atom. The van der Waals surface area contributed by atoms with Crippen molar-refractivity contribution in [3.63, 3.8) is 0 Å². The normalized spacial score (nSPS) is 24.3. The Kier molecular flexibility index (Phi) is 4.77. The van der Waals surface area contributed by atoms with Crippen molar-refractivity contribution in [3.05, 3.63) is 35.5 Å². The highest BCUT2D eigenvalue weighted by atomic mass is 32.1. The lowest BCUT2D eigenvalue weighted by Gasteiger charge is -2.38. The number of benzene rings is 1. The van der Waals surface area contributed by atoms with E-state index in [1.54, 1.807) is 18.3 Å². The van der Waals surface area contributed by atoms with Gasteiger partial charge in [-0.1, -0.05) is 6.07 Å². The van der Waals surface area contributed by atoms with Crippen LogP contribution in [0.4, 0.5) is 5.82 Å². The van der Waals surface area contributed by atoms with Crippen LogP contribution >= 0.6 is 11.3 Å². The average molecular weight is 446 g/mol. The Morgan fingerprint density at radius 3 is 2.47 bits per heavy atom. The van der Waals surface area contributed by atoms with Crippen molar-refractivity contribution >= 4 is 17.2 Å². The molecule has 1 aliphatic carbocycles. The third-order valence-corrected chi connectivity index (χ3v) is 7.65. The van der Waals surface area contributed by atoms with Gasteiger partial charge in [-0.15, -0.1) is 21.5 Å². The van der Waals surface area contributed by atoms with Crippen LogP contribution < -0.4 is 10.2 Å². The average Bonchev–Trinajstić information content (AvgIpc) is 3.41. The second-order valence-electron chi connectivity index (χ2n) is 8.91. The van der Waals surface area contributed by atoms with Crippen molar-refractivity contribution in [2.45, 2.75) is 62.7 Å². The predicted molar refractivity (Wildman–Crippen MR) is 121 cm³/mol. The van der Waals surface area contributed by atoms with Crippen molar-refractivity contribution < 1.29 is 5.11 Å². The zero-order valence-electron chi connectivity index (χ0n) is 17.5. The fraction of sp³-hybridized carbons (Fsp3) is 0.435. The first-order chi connectivity index (χ1) is 15.7. The summed E-state index contributed by atoms with van der Waals surface area (Å²) in [6.07, 6.45) is 10.6. The largest absolute Gasteiger partial charge is 0.507 e. The van der Waals surface area contributed by atoms with Crippen LogP contribution in [0, 0.1) is 11.3 Å². The molecule has 2 N–H and O–H groups in total. The lowest BCUT2D eigenvalue weighted by molar-refractivity contribution is 0.343. The maximum absolute atomic E-state index is 10.6. The van der Waals surface area contributed by atoms with Crippen LogP contribution in [0.25, 0.3) is 22.0 Å². The summed E-state index contributed by atoms with van der Waals surface area (Å²) in [6, 6.07) is 9.63. The number of hydrogen-bond acceptors (Lipinski definition) is 9. The number of anilines is 1. The van der Waals surface area contributed by atoms with E-state index in [-0.39, 0.29) is 5.75 Å². The van der Waals surface area contributed by atoms with Crippen LogP contribution in [-0.2, 0) is 0 Å². The Balaban J connectivity index is 1.24. The molecule has 4 heterocycles. The minimum absolute atomic E-state index is 0.0692. The summed E-state index contributed by atoms with van der Waals surface area (Å²) in [5.41, 5.74) is 1.28. The predicted octanol–water partition coefficient (Wildman–Crippen LogP) is 3.49. The van der Waals surface area contributed by atoms with Gasteiger partial charge in [-0.25, -0.2) is 9.97 Å². The van der Waals surface area contributed by atoms with Crippen molar-refractivity contribution in [1.29, 1.82) is 5.26 Å². The molecule has 2 bridgehead atoms. The number of hydrogen-bond donors (Lipinski definition) is 2. The van der Waals surface area contributed by atoms with E-state index in [2.05, 4.69) is 36.5 Å². The molecule has 1 unspecified atom stereocenters. The second-order valence-corrected chi connectivity index (χ2v) is 9.95. The third kappa shape index (κ3) is 3.59. The van der Waals surface area contributed by atoms with Gasteiger partial charge < -0.3 is 15.3 Å². The maximum atomic E-state index is 10.6. The van der Waals surface area contributed by atoms with E-state index in [9.17, 15) is 5.11 Å². The fourth-order valence-corrected chi connectivity index (χ4v) is 5.81. The van der Waals surface area contributed by atoms with Gasteiger partial charge in [0.05, 0.1) is 18.0 Å². The molecular formula is C23H23N7OS. The van der Waals surface area contributed by atoms with Gasteiger partial charge >= 0.3 is 0 Å². The van der Waals surface area contributed by atoms with Gasteiger partial charge in [0.2, 0.25) is 0 Å². The minimum atomic E-state index is 0.0692. The van der Waals surface area contributed by atoms with Crippen LogP contribution in [0.1, 0.15) is 43.4 Å². The highest BCUT2D eigenvalue weighted by molar-refractivity contribution is 7.15. The molecule has 2 saturated heterocycles. The number of nitrogens with zero attached hydrogens (tertiary/aromatic N) is 6. The first-order valence-corrected chi connectivity index (χ1v) is 11.9. The molecule has 0 spiro atoms. The smallest absolute Gasteiger partial charge is 0.185 e. The molecule has 2 aromatic heterocycles. The number of nitriles is 1. The lowest BCUT2D eigenvalue weighted by atomic mass is 9.98. The Bertz CT molecular complexity index is 1170. The highest BCUT2D eigenvalue weighted by Crippen LogP contribution is 2.39. The molecule has 3 aliphatic rings. The number of fused-ring (bicyclic) bond motifs is 2. The lowest BCUT2D eigenvalue weighted by Crippen LogP contribution is -2.49. The van der Waals surface area contributed by atoms with Gasteiger partial charge in [0.1, 0.15) is 21.7 Å². The number of phenolic OH excluding ortho intramolecular Hbond substituents is 1. The van der Waals surface area contributed by atoms with E-state index in [0.717, 1.165) is 24.2 Å². The molecule has 8 nitrogen and oxygen atoms in total. The first kappa shape index (κ1) is 19.6. The van der Waals surface area contributed by atoms with Crippen LogP contribution in [0.2, 0.25) is 0 Å². The fourth-order valence-electron chi connectivity index (χ4n) is 5.10. The van der Waals surface area contributed by atoms with Crippen molar-refractivity contribution in [2.75, 3.05) is 4.90 Å². The van der Waals surface area contributed by atoms with Crippen LogP contribution in [0.3, 0.4) is 0 Å². The highest BCUT2D eigenvalue weighted by Gasteiger charge is 2.41. The summed E-state index contributed by atoms with van der Waals surface area (Å²) in [5, 5.41) is 32.9. The molecule has 9 heteroatoms. The summed E-state index contributed by atoms with van der Waals surface area (Å²) in [7, 11) is 0. The number of aromatic nitrogens is 4. The molecule has 6 rings (SSSR count). The molecule has 3 atom stereocenters. The minimum Gasteiger partial charge on any atom is -0.507 e. The molecule has 32 heavy (non-hydrogen) atoms. The molecule has 0 radical (unpaired) electrons. The van der Waals surface area contributed by atoms with E-state index < -0.39 is 0 Å². The second kappa shape index (κ2) is 7.80. The number of rotatable bonds is 5. The molecule has 162 valence electrons. The molecule has 2 aliphatic heterocycles. The number of thiazole rings is 1. The Hall–Kier alpha value is -3.09. The topological polar surface area (TPSA) is 111 Å². The number of aromatic hydroxyl groups is 1. The molecule has 0 amide bonds. The summed E-state index contributed by atoms with van der Waals surface area (Å²) in [4.78, 5) is 11.8. The van der Waals surface area contributed by atoms with Crippen molar-refractivity contribution in [2.24, 2.45) is 0 Å². The zero-order chi connectivity index (χ0) is 21.7. The molecule has 1 aromatic carbocycles. The summed E-state index contributed by atoms with van der Waals surface area (Å²) in [5.74, 6) is 1.31. The van der Waals surface area contributed by atoms with Gasteiger partial charge in [0.25, 0.3) is 0 Å². The monoisotopic (exact) mass is 445 g/mol. The molecule has 3 fully saturated rings. The number of nitrogens with one attached hydrogen (secondary N) is 1. The number of piperidine rings is 1. The van der Waals surface area contributed by atoms with Gasteiger partial charge in [0, 0.05) is 29.7 Å². The first-order valence-electron chi connectivity index (χ1n) is 11.1. The van der Waals surface area contributed by atoms with Crippen LogP contribution in [0.5, 0.6) is 5.75 Å². The molecule has 3 aromatic rings. The van der Waals surface area contributed by atoms with Gasteiger partial charge in [0.15, 0.2) is 11.6 Å². The van der Waals surface area contributed by atoms with Crippen molar-refractivity contribution in [1.82, 2.24) is 25.5 Å². The molecular weight excluding hydrogens is 422 g/mol. The summed E-state index contributed by atoms with van der Waals surface area (Å²) >= 11 is 1.29. The van der Waals surface area contributed by atoms with E-state index >= 15 is 0 Å². The molecule has 1 saturated carbocycles. The summed E-state index contributed by atoms with van der Waals surface area (Å²) < 4.78 is 0. The Morgan fingerprint density at radius 2 is 1.84 bits per heavy atom. The standard InChI is InChI=1S/C23H23N7OS/c24-10-18-11-26-23(32-18)13-1-6-19(20(31)7-13)22-25-12-21(28-29-22)30(16-4-5-16)17-8-14-2-3-15(9-17)27-14/h1,6-7,11-12,14-17,27,31H,2-5,8-9H2/t14-,15+,17?. The zero-order valence-corrected chi connectivity index (χ0v) is 18.3. The van der Waals surface area contributed by atoms with E-state index in [1.165, 1.54) is 43.2 Å². The van der Waals surface area contributed by atoms with Crippen LogP contribution in [0.15, 0.2) is 30.6 Å². The Labute approximate surface area is 190 Å². The SMILES string of the molecule is N#Cc1cnc(-c2ccc(-c3ncc(N(C4CC4)C4C[C@H]5CC[C@@H](C4)N5)nn3)c(O)c2)s1. The van der Waals surface area contributed by atoms with Crippen LogP contribution in [-0.4, -0.2) is 49.4 Å². The quantitative estimate of drug-likeness (QED) is 0.614.